The number of hydrogen-bond donors (Lipinski definition) is 1. The highest BCUT2D eigenvalue weighted by Crippen LogP contribution is 2.42. The lowest BCUT2D eigenvalue weighted by atomic mass is 9.71. The predicted molar refractivity (Wildman–Crippen MR) is 118 cm³/mol. The van der Waals surface area contributed by atoms with Crippen molar-refractivity contribution in [1.82, 2.24) is 9.80 Å². The van der Waals surface area contributed by atoms with Crippen molar-refractivity contribution < 1.29 is 23.8 Å². The van der Waals surface area contributed by atoms with E-state index in [2.05, 4.69) is 5.32 Å². The van der Waals surface area contributed by atoms with Gasteiger partial charge < -0.3 is 29.3 Å². The molecule has 2 saturated heterocycles. The van der Waals surface area contributed by atoms with E-state index in [9.17, 15) is 9.59 Å². The molecule has 3 aliphatic heterocycles. The average Bonchev–Trinajstić information content (AvgIpc) is 2.84. The van der Waals surface area contributed by atoms with Gasteiger partial charge in [0.1, 0.15) is 19.0 Å². The van der Waals surface area contributed by atoms with Gasteiger partial charge in [-0.15, -0.1) is 0 Å². The maximum absolute atomic E-state index is 12.9. The van der Waals surface area contributed by atoms with Crippen LogP contribution in [0.25, 0.3) is 0 Å². The molecule has 0 aliphatic carbocycles. The number of ether oxygens (including phenoxy) is 3. The highest BCUT2D eigenvalue weighted by Gasteiger charge is 2.53. The highest BCUT2D eigenvalue weighted by molar-refractivity contribution is 5.91. The molecule has 0 bridgehead atoms. The number of nitrogens with one attached hydrogen (secondary N) is 1. The number of nitrogens with zero attached hydrogens (tertiary/aromatic N) is 2. The molecule has 0 saturated carbocycles. The lowest BCUT2D eigenvalue weighted by Crippen LogP contribution is -2.64. The smallest absolute Gasteiger partial charge is 0.321 e. The molecule has 0 atom stereocenters. The monoisotopic (exact) mass is 437 g/mol. The molecule has 3 heterocycles. The van der Waals surface area contributed by atoms with Gasteiger partial charge in [-0.2, -0.15) is 0 Å². The quantitative estimate of drug-likeness (QED) is 0.744. The molecule has 1 N–H and O–H groups in total. The molecule has 8 nitrogen and oxygen atoms in total. The van der Waals surface area contributed by atoms with E-state index < -0.39 is 0 Å². The van der Waals surface area contributed by atoms with Gasteiger partial charge in [0.25, 0.3) is 0 Å². The summed E-state index contributed by atoms with van der Waals surface area (Å²) >= 11 is 0. The Hall–Kier alpha value is -3.42. The summed E-state index contributed by atoms with van der Waals surface area (Å²) in [6.07, 6.45) is 1.39. The maximum Gasteiger partial charge on any atom is 0.321 e. The van der Waals surface area contributed by atoms with Crippen LogP contribution in [-0.4, -0.2) is 61.7 Å². The normalized spacial score (nSPS) is 18.8. The molecule has 0 radical (unpaired) electrons. The molecular formula is C24H27N3O5. The second-order valence-electron chi connectivity index (χ2n) is 8.57. The van der Waals surface area contributed by atoms with Crippen LogP contribution in [0.5, 0.6) is 17.2 Å². The van der Waals surface area contributed by atoms with Crippen LogP contribution in [0.2, 0.25) is 0 Å². The standard InChI is InChI=1S/C24H27N3O5/c1-30-19-5-2-17(3-6-19)15-27-16-24(22(27)28)8-10-26(11-9-24)23(29)25-18-4-7-20-21(14-18)32-13-12-31-20/h2-7,14H,8-13,15-16H2,1H3,(H,25,29). The van der Waals surface area contributed by atoms with Crippen molar-refractivity contribution in [2.45, 2.75) is 19.4 Å². The van der Waals surface area contributed by atoms with Gasteiger partial charge in [-0.1, -0.05) is 12.1 Å². The molecule has 2 aromatic rings. The summed E-state index contributed by atoms with van der Waals surface area (Å²) < 4.78 is 16.3. The fourth-order valence-electron chi connectivity index (χ4n) is 4.66. The first-order chi connectivity index (χ1) is 15.6. The zero-order valence-electron chi connectivity index (χ0n) is 18.1. The number of hydrogen-bond acceptors (Lipinski definition) is 5. The number of benzene rings is 2. The first-order valence-electron chi connectivity index (χ1n) is 10.9. The van der Waals surface area contributed by atoms with Crippen molar-refractivity contribution in [2.75, 3.05) is 45.3 Å². The summed E-state index contributed by atoms with van der Waals surface area (Å²) in [5.74, 6) is 2.34. The van der Waals surface area contributed by atoms with E-state index in [1.165, 1.54) is 0 Å². The fourth-order valence-corrected chi connectivity index (χ4v) is 4.66. The van der Waals surface area contributed by atoms with Crippen LogP contribution in [0.1, 0.15) is 18.4 Å². The molecule has 0 aromatic heterocycles. The third-order valence-electron chi connectivity index (χ3n) is 6.57. The number of amides is 3. The third kappa shape index (κ3) is 3.81. The van der Waals surface area contributed by atoms with E-state index in [1.54, 1.807) is 24.1 Å². The Morgan fingerprint density at radius 1 is 1.06 bits per heavy atom. The van der Waals surface area contributed by atoms with Crippen molar-refractivity contribution in [3.05, 3.63) is 48.0 Å². The van der Waals surface area contributed by atoms with Gasteiger partial charge in [-0.25, -0.2) is 4.79 Å². The lowest BCUT2D eigenvalue weighted by Gasteiger charge is -2.52. The van der Waals surface area contributed by atoms with Crippen LogP contribution in [0.15, 0.2) is 42.5 Å². The van der Waals surface area contributed by atoms with Crippen LogP contribution >= 0.6 is 0 Å². The second-order valence-corrected chi connectivity index (χ2v) is 8.57. The van der Waals surface area contributed by atoms with Crippen molar-refractivity contribution >= 4 is 17.6 Å². The average molecular weight is 437 g/mol. The minimum absolute atomic E-state index is 0.154. The maximum atomic E-state index is 12.9. The number of carbonyl (C=O) groups is 2. The molecule has 3 amide bonds. The van der Waals surface area contributed by atoms with Crippen LogP contribution in [-0.2, 0) is 11.3 Å². The SMILES string of the molecule is COc1ccc(CN2CC3(CCN(C(=O)Nc4ccc5c(c4)OCCO5)CC3)C2=O)cc1. The van der Waals surface area contributed by atoms with Crippen molar-refractivity contribution in [3.8, 4) is 17.2 Å². The van der Waals surface area contributed by atoms with E-state index in [1.807, 2.05) is 35.2 Å². The van der Waals surface area contributed by atoms with E-state index >= 15 is 0 Å². The number of anilines is 1. The Morgan fingerprint density at radius 2 is 1.78 bits per heavy atom. The van der Waals surface area contributed by atoms with E-state index in [-0.39, 0.29) is 17.4 Å². The highest BCUT2D eigenvalue weighted by atomic mass is 16.6. The molecule has 2 aromatic carbocycles. The number of methoxy groups -OCH3 is 1. The summed E-state index contributed by atoms with van der Waals surface area (Å²) in [5, 5.41) is 2.93. The Bertz CT molecular complexity index is 1010. The Kier molecular flexibility index (Phi) is 5.28. The van der Waals surface area contributed by atoms with Gasteiger partial charge in [-0.3, -0.25) is 4.79 Å². The zero-order valence-corrected chi connectivity index (χ0v) is 18.1. The number of fused-ring (bicyclic) bond motifs is 1. The number of likely N-dealkylation sites (tertiary alicyclic amines) is 2. The first kappa shape index (κ1) is 20.5. The predicted octanol–water partition coefficient (Wildman–Crippen LogP) is 3.12. The topological polar surface area (TPSA) is 80.3 Å². The summed E-state index contributed by atoms with van der Waals surface area (Å²) in [6.45, 7) is 3.53. The Balaban J connectivity index is 1.13. The third-order valence-corrected chi connectivity index (χ3v) is 6.57. The summed E-state index contributed by atoms with van der Waals surface area (Å²) in [7, 11) is 1.64. The molecular weight excluding hydrogens is 410 g/mol. The van der Waals surface area contributed by atoms with E-state index in [0.29, 0.717) is 62.9 Å². The number of β-lactam (4-membered cyclic amide) rings is 1. The fraction of sp³-hybridized carbons (Fsp3) is 0.417. The largest absolute Gasteiger partial charge is 0.497 e. The zero-order chi connectivity index (χ0) is 22.1. The molecule has 32 heavy (non-hydrogen) atoms. The number of urea groups is 1. The summed E-state index contributed by atoms with van der Waals surface area (Å²) in [5.41, 5.74) is 1.44. The van der Waals surface area contributed by atoms with Crippen LogP contribution < -0.4 is 19.5 Å². The van der Waals surface area contributed by atoms with Gasteiger partial charge in [0.15, 0.2) is 11.5 Å². The van der Waals surface area contributed by atoms with E-state index in [4.69, 9.17) is 14.2 Å². The molecule has 8 heteroatoms. The Labute approximate surface area is 187 Å². The van der Waals surface area contributed by atoms with E-state index in [0.717, 1.165) is 17.9 Å². The first-order valence-corrected chi connectivity index (χ1v) is 10.9. The number of carbonyl (C=O) groups excluding carboxylic acids is 2. The van der Waals surface area contributed by atoms with Crippen LogP contribution in [0.4, 0.5) is 10.5 Å². The van der Waals surface area contributed by atoms with Gasteiger partial charge in [0.05, 0.1) is 12.5 Å². The molecule has 1 spiro atoms. The van der Waals surface area contributed by atoms with Crippen molar-refractivity contribution in [3.63, 3.8) is 0 Å². The van der Waals surface area contributed by atoms with Gasteiger partial charge in [0, 0.05) is 37.9 Å². The second kappa shape index (κ2) is 8.26. The van der Waals surface area contributed by atoms with Crippen molar-refractivity contribution in [2.24, 2.45) is 5.41 Å². The summed E-state index contributed by atoms with van der Waals surface area (Å²) in [6, 6.07) is 13.0. The molecule has 5 rings (SSSR count). The molecule has 2 fully saturated rings. The van der Waals surface area contributed by atoms with Crippen LogP contribution in [0.3, 0.4) is 0 Å². The molecule has 0 unspecified atom stereocenters. The van der Waals surface area contributed by atoms with Gasteiger partial charge in [-0.05, 0) is 42.7 Å². The van der Waals surface area contributed by atoms with Gasteiger partial charge >= 0.3 is 6.03 Å². The number of piperidine rings is 1. The summed E-state index contributed by atoms with van der Waals surface area (Å²) in [4.78, 5) is 29.3. The number of rotatable bonds is 4. The lowest BCUT2D eigenvalue weighted by molar-refractivity contribution is -0.165. The van der Waals surface area contributed by atoms with Crippen LogP contribution in [0, 0.1) is 5.41 Å². The van der Waals surface area contributed by atoms with Crippen molar-refractivity contribution in [1.29, 1.82) is 0 Å². The minimum atomic E-state index is -0.319. The van der Waals surface area contributed by atoms with Gasteiger partial charge in [0.2, 0.25) is 5.91 Å². The molecule has 168 valence electrons. The Morgan fingerprint density at radius 3 is 2.47 bits per heavy atom. The molecule has 3 aliphatic rings. The minimum Gasteiger partial charge on any atom is -0.497 e.